The van der Waals surface area contributed by atoms with Gasteiger partial charge in [-0.2, -0.15) is 0 Å². The van der Waals surface area contributed by atoms with Crippen LogP contribution in [0, 0.1) is 0 Å². The first-order chi connectivity index (χ1) is 5.93. The Morgan fingerprint density at radius 2 is 2.17 bits per heavy atom. The van der Waals surface area contributed by atoms with Crippen molar-refractivity contribution in [2.75, 3.05) is 33.4 Å². The third-order valence-electron chi connectivity index (χ3n) is 2.03. The van der Waals surface area contributed by atoms with Crippen molar-refractivity contribution < 1.29 is 9.47 Å². The fraction of sp³-hybridized carbons (Fsp3) is 1.00. The molecule has 1 heterocycles. The quantitative estimate of drug-likeness (QED) is 0.577. The Kier molecular flexibility index (Phi) is 5.32. The van der Waals surface area contributed by atoms with Crippen molar-refractivity contribution in [3.63, 3.8) is 0 Å². The third-order valence-corrected chi connectivity index (χ3v) is 2.03. The highest BCUT2D eigenvalue weighted by Gasteiger charge is 2.17. The van der Waals surface area contributed by atoms with Gasteiger partial charge in [0, 0.05) is 6.61 Å². The second-order valence-electron chi connectivity index (χ2n) is 3.19. The molecular weight excluding hydrogens is 154 g/mol. The van der Waals surface area contributed by atoms with Crippen LogP contribution in [-0.4, -0.2) is 39.5 Å². The smallest absolute Gasteiger partial charge is 0.104 e. The van der Waals surface area contributed by atoms with E-state index in [1.54, 1.807) is 0 Å². The normalized spacial score (nSPS) is 17.8. The minimum atomic E-state index is 0.398. The molecule has 1 aliphatic heterocycles. The van der Waals surface area contributed by atoms with Gasteiger partial charge in [0.15, 0.2) is 0 Å². The first-order valence-corrected chi connectivity index (χ1v) is 4.77. The lowest BCUT2D eigenvalue weighted by atomic mass is 10.2. The highest BCUT2D eigenvalue weighted by atomic mass is 16.6. The van der Waals surface area contributed by atoms with E-state index in [1.807, 2.05) is 7.05 Å². The van der Waals surface area contributed by atoms with Gasteiger partial charge >= 0.3 is 0 Å². The van der Waals surface area contributed by atoms with Crippen LogP contribution in [0.15, 0.2) is 0 Å². The number of nitrogens with one attached hydrogen (secondary N) is 1. The number of hydrogen-bond donors (Lipinski definition) is 1. The second-order valence-corrected chi connectivity index (χ2v) is 3.19. The van der Waals surface area contributed by atoms with Crippen molar-refractivity contribution in [1.29, 1.82) is 0 Å². The average Bonchev–Trinajstić information content (AvgIpc) is 2.00. The Bertz CT molecular complexity index is 105. The van der Waals surface area contributed by atoms with Crippen LogP contribution >= 0.6 is 0 Å². The molecule has 3 heteroatoms. The lowest BCUT2D eigenvalue weighted by molar-refractivity contribution is -0.129. The van der Waals surface area contributed by atoms with Gasteiger partial charge in [-0.15, -0.1) is 0 Å². The third kappa shape index (κ3) is 4.04. The molecule has 0 aromatic heterocycles. The monoisotopic (exact) mass is 173 g/mol. The van der Waals surface area contributed by atoms with E-state index in [1.165, 1.54) is 19.3 Å². The number of hydrogen-bond acceptors (Lipinski definition) is 3. The number of unbranched alkanes of at least 4 members (excludes halogenated alkanes) is 2. The summed E-state index contributed by atoms with van der Waals surface area (Å²) >= 11 is 0. The summed E-state index contributed by atoms with van der Waals surface area (Å²) in [6, 6.07) is 0. The molecule has 1 saturated heterocycles. The molecular formula is C9H19NO2. The molecule has 0 atom stereocenters. The molecule has 0 saturated carbocycles. The Morgan fingerprint density at radius 1 is 1.33 bits per heavy atom. The highest BCUT2D eigenvalue weighted by Crippen LogP contribution is 2.06. The molecule has 0 aromatic rings. The number of rotatable bonds is 7. The SMILES string of the molecule is CNCCCCCOC1COC1. The van der Waals surface area contributed by atoms with Crippen molar-refractivity contribution in [2.24, 2.45) is 0 Å². The van der Waals surface area contributed by atoms with Gasteiger partial charge in [0.1, 0.15) is 6.10 Å². The first kappa shape index (κ1) is 9.96. The molecule has 12 heavy (non-hydrogen) atoms. The fourth-order valence-corrected chi connectivity index (χ4v) is 1.14. The second kappa shape index (κ2) is 6.40. The maximum atomic E-state index is 5.51. The van der Waals surface area contributed by atoms with E-state index in [4.69, 9.17) is 9.47 Å². The summed E-state index contributed by atoms with van der Waals surface area (Å²) in [6.45, 7) is 3.62. The van der Waals surface area contributed by atoms with Crippen LogP contribution in [0.5, 0.6) is 0 Å². The van der Waals surface area contributed by atoms with Crippen molar-refractivity contribution in [2.45, 2.75) is 25.4 Å². The van der Waals surface area contributed by atoms with E-state index in [2.05, 4.69) is 5.32 Å². The highest BCUT2D eigenvalue weighted by molar-refractivity contribution is 4.63. The van der Waals surface area contributed by atoms with Gasteiger partial charge in [-0.3, -0.25) is 0 Å². The van der Waals surface area contributed by atoms with Crippen LogP contribution in [0.25, 0.3) is 0 Å². The van der Waals surface area contributed by atoms with E-state index in [0.717, 1.165) is 26.4 Å². The molecule has 0 radical (unpaired) electrons. The van der Waals surface area contributed by atoms with Crippen molar-refractivity contribution in [3.05, 3.63) is 0 Å². The molecule has 1 rings (SSSR count). The Hall–Kier alpha value is -0.120. The number of ether oxygens (including phenoxy) is 2. The van der Waals surface area contributed by atoms with E-state index < -0.39 is 0 Å². The van der Waals surface area contributed by atoms with Crippen LogP contribution in [0.1, 0.15) is 19.3 Å². The zero-order valence-corrected chi connectivity index (χ0v) is 7.84. The van der Waals surface area contributed by atoms with Gasteiger partial charge in [-0.05, 0) is 32.9 Å². The molecule has 0 unspecified atom stereocenters. The summed E-state index contributed by atoms with van der Waals surface area (Å²) in [6.07, 6.45) is 4.09. The molecule has 1 fully saturated rings. The van der Waals surface area contributed by atoms with Crippen molar-refractivity contribution in [3.8, 4) is 0 Å². The lowest BCUT2D eigenvalue weighted by Crippen LogP contribution is -2.36. The summed E-state index contributed by atoms with van der Waals surface area (Å²) in [4.78, 5) is 0. The van der Waals surface area contributed by atoms with Gasteiger partial charge in [0.2, 0.25) is 0 Å². The molecule has 0 aliphatic carbocycles. The molecule has 3 nitrogen and oxygen atoms in total. The van der Waals surface area contributed by atoms with Gasteiger partial charge in [0.05, 0.1) is 13.2 Å². The summed E-state index contributed by atoms with van der Waals surface area (Å²) in [7, 11) is 1.99. The standard InChI is InChI=1S/C9H19NO2/c1-10-5-3-2-4-6-12-9-7-11-8-9/h9-10H,2-8H2,1H3. The summed E-state index contributed by atoms with van der Waals surface area (Å²) < 4.78 is 10.5. The van der Waals surface area contributed by atoms with Gasteiger partial charge < -0.3 is 14.8 Å². The maximum Gasteiger partial charge on any atom is 0.104 e. The van der Waals surface area contributed by atoms with E-state index in [0.29, 0.717) is 6.10 Å². The largest absolute Gasteiger partial charge is 0.376 e. The van der Waals surface area contributed by atoms with Crippen LogP contribution in [0.3, 0.4) is 0 Å². The van der Waals surface area contributed by atoms with Crippen LogP contribution in [0.4, 0.5) is 0 Å². The lowest BCUT2D eigenvalue weighted by Gasteiger charge is -2.25. The summed E-state index contributed by atoms with van der Waals surface area (Å²) in [5.74, 6) is 0. The Labute approximate surface area is 74.4 Å². The summed E-state index contributed by atoms with van der Waals surface area (Å²) in [5.41, 5.74) is 0. The minimum absolute atomic E-state index is 0.398. The molecule has 72 valence electrons. The Morgan fingerprint density at radius 3 is 2.75 bits per heavy atom. The topological polar surface area (TPSA) is 30.5 Å². The van der Waals surface area contributed by atoms with Crippen LogP contribution < -0.4 is 5.32 Å². The van der Waals surface area contributed by atoms with Crippen LogP contribution in [-0.2, 0) is 9.47 Å². The van der Waals surface area contributed by atoms with Crippen molar-refractivity contribution >= 4 is 0 Å². The van der Waals surface area contributed by atoms with Gasteiger partial charge in [-0.25, -0.2) is 0 Å². The van der Waals surface area contributed by atoms with Gasteiger partial charge in [-0.1, -0.05) is 0 Å². The Balaban J connectivity index is 1.70. The fourth-order valence-electron chi connectivity index (χ4n) is 1.14. The molecule has 0 spiro atoms. The van der Waals surface area contributed by atoms with Crippen molar-refractivity contribution in [1.82, 2.24) is 5.32 Å². The summed E-state index contributed by atoms with van der Waals surface area (Å²) in [5, 5.41) is 3.13. The zero-order chi connectivity index (χ0) is 8.65. The molecule has 1 N–H and O–H groups in total. The maximum absolute atomic E-state index is 5.51. The predicted octanol–water partition coefficient (Wildman–Crippen LogP) is 0.791. The van der Waals surface area contributed by atoms with E-state index in [-0.39, 0.29) is 0 Å². The zero-order valence-electron chi connectivity index (χ0n) is 7.84. The molecule has 0 bridgehead atoms. The van der Waals surface area contributed by atoms with E-state index in [9.17, 15) is 0 Å². The van der Waals surface area contributed by atoms with Crippen LogP contribution in [0.2, 0.25) is 0 Å². The molecule has 0 aromatic carbocycles. The molecule has 0 amide bonds. The average molecular weight is 173 g/mol. The minimum Gasteiger partial charge on any atom is -0.376 e. The predicted molar refractivity (Wildman–Crippen MR) is 48.3 cm³/mol. The van der Waals surface area contributed by atoms with Gasteiger partial charge in [0.25, 0.3) is 0 Å². The van der Waals surface area contributed by atoms with E-state index >= 15 is 0 Å². The first-order valence-electron chi connectivity index (χ1n) is 4.77. The molecule has 1 aliphatic rings.